The van der Waals surface area contributed by atoms with Crippen LogP contribution in [-0.4, -0.2) is 27.6 Å². The topological polar surface area (TPSA) is 73.5 Å². The highest BCUT2D eigenvalue weighted by Crippen LogP contribution is 2.35. The summed E-state index contributed by atoms with van der Waals surface area (Å²) >= 11 is 11.3. The van der Waals surface area contributed by atoms with Crippen molar-refractivity contribution in [2.45, 2.75) is 45.1 Å². The zero-order chi connectivity index (χ0) is 18.2. The molecule has 3 amide bonds. The van der Waals surface area contributed by atoms with Crippen LogP contribution in [0.4, 0.5) is 10.5 Å². The summed E-state index contributed by atoms with van der Waals surface area (Å²) in [6, 6.07) is 4.95. The molecule has 0 unspecified atom stereocenters. The summed E-state index contributed by atoms with van der Waals surface area (Å²) in [4.78, 5) is 25.0. The van der Waals surface area contributed by atoms with E-state index in [1.54, 1.807) is 6.07 Å². The Morgan fingerprint density at radius 1 is 1.36 bits per heavy atom. The first-order valence-corrected chi connectivity index (χ1v) is 9.10. The molecular weight excluding hydrogens is 360 g/mol. The highest BCUT2D eigenvalue weighted by Gasteiger charge is 2.52. The quantitative estimate of drug-likeness (QED) is 0.542. The van der Waals surface area contributed by atoms with Crippen molar-refractivity contribution in [2.75, 3.05) is 5.32 Å². The summed E-state index contributed by atoms with van der Waals surface area (Å²) in [6.07, 6.45) is 3.16. The Hall–Kier alpha value is -1.86. The number of urea groups is 1. The monoisotopic (exact) mass is 380 g/mol. The summed E-state index contributed by atoms with van der Waals surface area (Å²) in [6.45, 7) is 4.07. The minimum absolute atomic E-state index is 0.157. The van der Waals surface area contributed by atoms with Crippen molar-refractivity contribution >= 4 is 46.6 Å². The Morgan fingerprint density at radius 3 is 2.68 bits per heavy atom. The Morgan fingerprint density at radius 2 is 2.04 bits per heavy atom. The molecule has 3 rings (SSSR count). The minimum atomic E-state index is -0.792. The molecule has 8 heteroatoms. The van der Waals surface area contributed by atoms with Crippen LogP contribution in [0.25, 0.3) is 0 Å². The predicted octanol–water partition coefficient (Wildman–Crippen LogP) is 3.35. The van der Waals surface area contributed by atoms with Crippen molar-refractivity contribution < 1.29 is 9.59 Å². The van der Waals surface area contributed by atoms with Gasteiger partial charge in [-0.15, -0.1) is 0 Å². The number of carbonyl (C=O) groups excluding carboxylic acids is 2. The highest BCUT2D eigenvalue weighted by molar-refractivity contribution is 7.80. The van der Waals surface area contributed by atoms with Crippen LogP contribution >= 0.6 is 23.8 Å². The third kappa shape index (κ3) is 3.57. The van der Waals surface area contributed by atoms with Gasteiger partial charge in [0.1, 0.15) is 5.54 Å². The predicted molar refractivity (Wildman–Crippen MR) is 101 cm³/mol. The number of amides is 3. The fourth-order valence-electron chi connectivity index (χ4n) is 3.25. The summed E-state index contributed by atoms with van der Waals surface area (Å²) in [5, 5.41) is 7.52. The van der Waals surface area contributed by atoms with Crippen LogP contribution in [0.1, 0.15) is 38.2 Å². The van der Waals surface area contributed by atoms with Crippen LogP contribution in [0.15, 0.2) is 18.2 Å². The fourth-order valence-corrected chi connectivity index (χ4v) is 3.64. The van der Waals surface area contributed by atoms with Crippen molar-refractivity contribution in [1.82, 2.24) is 15.8 Å². The van der Waals surface area contributed by atoms with Gasteiger partial charge in [-0.3, -0.25) is 10.2 Å². The van der Waals surface area contributed by atoms with E-state index in [1.807, 2.05) is 19.1 Å². The smallest absolute Gasteiger partial charge is 0.331 e. The highest BCUT2D eigenvalue weighted by atomic mass is 35.5. The fraction of sp³-hybridized carbons (Fsp3) is 0.471. The number of hydrogen-bond donors (Lipinski definition) is 3. The van der Waals surface area contributed by atoms with Crippen LogP contribution in [0.3, 0.4) is 0 Å². The standard InChI is InChI=1S/C17H21ClN4O2S/c1-10-5-7-17(8-6-10)14(23)22(16(24)20-17)21-15(25)19-12-4-3-11(2)13(18)9-12/h3-4,9-10H,5-8H2,1-2H3,(H,20,24)(H2,19,21,25). The van der Waals surface area contributed by atoms with Gasteiger partial charge in [-0.2, -0.15) is 5.01 Å². The van der Waals surface area contributed by atoms with Gasteiger partial charge in [0.25, 0.3) is 5.91 Å². The Labute approximate surface area is 157 Å². The molecule has 25 heavy (non-hydrogen) atoms. The number of thiocarbonyl (C=S) groups is 1. The van der Waals surface area contributed by atoms with Crippen LogP contribution < -0.4 is 16.1 Å². The lowest BCUT2D eigenvalue weighted by Gasteiger charge is -2.33. The van der Waals surface area contributed by atoms with E-state index >= 15 is 0 Å². The van der Waals surface area contributed by atoms with Crippen LogP contribution in [-0.2, 0) is 4.79 Å². The van der Waals surface area contributed by atoms with Gasteiger partial charge in [0.15, 0.2) is 5.11 Å². The number of imide groups is 1. The summed E-state index contributed by atoms with van der Waals surface area (Å²) in [5.74, 6) is 0.307. The van der Waals surface area contributed by atoms with Crippen LogP contribution in [0, 0.1) is 12.8 Å². The summed E-state index contributed by atoms with van der Waals surface area (Å²) < 4.78 is 0. The molecule has 1 spiro atoms. The van der Waals surface area contributed by atoms with Crippen molar-refractivity contribution in [3.8, 4) is 0 Å². The maximum absolute atomic E-state index is 12.8. The number of carbonyl (C=O) groups is 2. The van der Waals surface area contributed by atoms with Gasteiger partial charge in [0.2, 0.25) is 0 Å². The van der Waals surface area contributed by atoms with Gasteiger partial charge in [0, 0.05) is 10.7 Å². The first kappa shape index (κ1) is 17.9. The lowest BCUT2D eigenvalue weighted by atomic mass is 9.77. The second-order valence-corrected chi connectivity index (χ2v) is 7.68. The van der Waals surface area contributed by atoms with E-state index < -0.39 is 11.6 Å². The summed E-state index contributed by atoms with van der Waals surface area (Å²) in [7, 11) is 0. The molecule has 0 radical (unpaired) electrons. The number of anilines is 1. The largest absolute Gasteiger partial charge is 0.344 e. The minimum Gasteiger partial charge on any atom is -0.331 e. The molecule has 1 aliphatic heterocycles. The third-order valence-electron chi connectivity index (χ3n) is 4.93. The van der Waals surface area contributed by atoms with Gasteiger partial charge >= 0.3 is 6.03 Å². The number of hydrogen-bond acceptors (Lipinski definition) is 3. The average molecular weight is 381 g/mol. The molecule has 2 fully saturated rings. The van der Waals surface area contributed by atoms with Crippen molar-refractivity contribution in [3.63, 3.8) is 0 Å². The number of nitrogens with zero attached hydrogens (tertiary/aromatic N) is 1. The van der Waals surface area contributed by atoms with E-state index in [2.05, 4.69) is 23.0 Å². The Kier molecular flexibility index (Phi) is 4.88. The molecule has 134 valence electrons. The molecule has 0 bridgehead atoms. The van der Waals surface area contributed by atoms with E-state index in [9.17, 15) is 9.59 Å². The molecule has 2 aliphatic rings. The molecule has 0 aromatic heterocycles. The number of rotatable bonds is 2. The molecule has 1 saturated heterocycles. The maximum Gasteiger partial charge on any atom is 0.344 e. The normalized spacial score (nSPS) is 25.9. The SMILES string of the molecule is Cc1ccc(NC(=S)NN2C(=O)NC3(CCC(C)CC3)C2=O)cc1Cl. The van der Waals surface area contributed by atoms with Crippen LogP contribution in [0.2, 0.25) is 5.02 Å². The van der Waals surface area contributed by atoms with E-state index in [1.165, 1.54) is 0 Å². The first-order valence-electron chi connectivity index (χ1n) is 8.31. The maximum atomic E-state index is 12.8. The van der Waals surface area contributed by atoms with Crippen molar-refractivity contribution in [3.05, 3.63) is 28.8 Å². The lowest BCUT2D eigenvalue weighted by Crippen LogP contribution is -2.52. The first-order chi connectivity index (χ1) is 11.8. The Balaban J connectivity index is 1.66. The third-order valence-corrected chi connectivity index (χ3v) is 5.53. The van der Waals surface area contributed by atoms with Crippen molar-refractivity contribution in [1.29, 1.82) is 0 Å². The molecule has 6 nitrogen and oxygen atoms in total. The molecule has 1 heterocycles. The number of aryl methyl sites for hydroxylation is 1. The van der Waals surface area contributed by atoms with Gasteiger partial charge in [-0.05, 0) is 68.4 Å². The number of halogens is 1. The zero-order valence-electron chi connectivity index (χ0n) is 14.2. The van der Waals surface area contributed by atoms with Gasteiger partial charge in [0.05, 0.1) is 0 Å². The Bertz CT molecular complexity index is 731. The molecule has 3 N–H and O–H groups in total. The number of hydrazine groups is 1. The van der Waals surface area contributed by atoms with Gasteiger partial charge in [-0.25, -0.2) is 4.79 Å². The van der Waals surface area contributed by atoms with E-state index in [0.29, 0.717) is 29.5 Å². The molecule has 1 aromatic rings. The number of nitrogens with one attached hydrogen (secondary N) is 3. The molecule has 1 saturated carbocycles. The average Bonchev–Trinajstić information content (AvgIpc) is 2.78. The lowest BCUT2D eigenvalue weighted by molar-refractivity contribution is -0.133. The molecule has 1 aromatic carbocycles. The van der Waals surface area contributed by atoms with E-state index in [0.717, 1.165) is 23.4 Å². The van der Waals surface area contributed by atoms with E-state index in [-0.39, 0.29) is 11.0 Å². The second kappa shape index (κ2) is 6.80. The van der Waals surface area contributed by atoms with E-state index in [4.69, 9.17) is 23.8 Å². The number of benzene rings is 1. The summed E-state index contributed by atoms with van der Waals surface area (Å²) in [5.41, 5.74) is 3.53. The second-order valence-electron chi connectivity index (χ2n) is 6.87. The van der Waals surface area contributed by atoms with Gasteiger partial charge < -0.3 is 10.6 Å². The zero-order valence-corrected chi connectivity index (χ0v) is 15.8. The van der Waals surface area contributed by atoms with Crippen molar-refractivity contribution in [2.24, 2.45) is 5.92 Å². The van der Waals surface area contributed by atoms with Gasteiger partial charge in [-0.1, -0.05) is 24.6 Å². The molecule has 1 aliphatic carbocycles. The molecular formula is C17H21ClN4O2S. The van der Waals surface area contributed by atoms with Crippen LogP contribution in [0.5, 0.6) is 0 Å². The molecule has 0 atom stereocenters.